The van der Waals surface area contributed by atoms with Crippen LogP contribution in [0.2, 0.25) is 0 Å². The molecule has 1 aliphatic heterocycles. The second-order valence-electron chi connectivity index (χ2n) is 7.28. The number of amides is 3. The predicted octanol–water partition coefficient (Wildman–Crippen LogP) is 4.35. The van der Waals surface area contributed by atoms with Crippen LogP contribution in [0, 0.1) is 6.92 Å². The fourth-order valence-electron chi connectivity index (χ4n) is 3.52. The number of carbonyl (C=O) groups excluding carboxylic acids is 3. The number of benzene rings is 3. The van der Waals surface area contributed by atoms with E-state index in [1.165, 1.54) is 11.8 Å². The van der Waals surface area contributed by atoms with E-state index in [-0.39, 0.29) is 17.2 Å². The summed E-state index contributed by atoms with van der Waals surface area (Å²) in [6.45, 7) is 3.39. The molecule has 0 radical (unpaired) electrons. The Morgan fingerprint density at radius 1 is 0.806 bits per heavy atom. The number of para-hydroxylation sites is 1. The zero-order valence-corrected chi connectivity index (χ0v) is 17.2. The van der Waals surface area contributed by atoms with Gasteiger partial charge in [-0.25, -0.2) is 4.90 Å². The molecule has 0 bridgehead atoms. The lowest BCUT2D eigenvalue weighted by Crippen LogP contribution is -2.32. The van der Waals surface area contributed by atoms with E-state index in [0.717, 1.165) is 11.3 Å². The second-order valence-corrected chi connectivity index (χ2v) is 7.28. The van der Waals surface area contributed by atoms with Gasteiger partial charge in [0.2, 0.25) is 5.91 Å². The third-order valence-electron chi connectivity index (χ3n) is 4.88. The van der Waals surface area contributed by atoms with Crippen LogP contribution in [0.15, 0.2) is 84.6 Å². The Morgan fingerprint density at radius 2 is 1.52 bits per heavy atom. The highest BCUT2D eigenvalue weighted by Gasteiger charge is 2.40. The molecule has 1 heterocycles. The van der Waals surface area contributed by atoms with E-state index in [1.54, 1.807) is 48.5 Å². The van der Waals surface area contributed by atoms with E-state index >= 15 is 0 Å². The fourth-order valence-corrected chi connectivity index (χ4v) is 3.52. The van der Waals surface area contributed by atoms with Gasteiger partial charge in [0.05, 0.1) is 11.3 Å². The molecule has 3 aromatic carbocycles. The Balaban J connectivity index is 1.78. The summed E-state index contributed by atoms with van der Waals surface area (Å²) in [7, 11) is 0. The Labute approximate surface area is 180 Å². The number of carbonyl (C=O) groups is 3. The third kappa shape index (κ3) is 4.09. The molecule has 2 N–H and O–H groups in total. The van der Waals surface area contributed by atoms with E-state index in [2.05, 4.69) is 10.6 Å². The van der Waals surface area contributed by atoms with Crippen LogP contribution < -0.4 is 15.5 Å². The molecule has 154 valence electrons. The number of hydrogen-bond donors (Lipinski definition) is 2. The number of aryl methyl sites for hydroxylation is 1. The quantitative estimate of drug-likeness (QED) is 0.612. The molecule has 3 amide bonds. The van der Waals surface area contributed by atoms with Gasteiger partial charge >= 0.3 is 0 Å². The van der Waals surface area contributed by atoms with Crippen LogP contribution in [-0.4, -0.2) is 17.7 Å². The molecule has 0 unspecified atom stereocenters. The minimum atomic E-state index is -0.418. The Bertz CT molecular complexity index is 1200. The van der Waals surface area contributed by atoms with Crippen molar-refractivity contribution in [3.8, 4) is 0 Å². The average molecular weight is 411 g/mol. The van der Waals surface area contributed by atoms with Gasteiger partial charge in [-0.2, -0.15) is 0 Å². The molecule has 0 saturated heterocycles. The summed E-state index contributed by atoms with van der Waals surface area (Å²) < 4.78 is 0. The summed E-state index contributed by atoms with van der Waals surface area (Å²) >= 11 is 0. The topological polar surface area (TPSA) is 78.5 Å². The van der Waals surface area contributed by atoms with Crippen molar-refractivity contribution in [1.29, 1.82) is 0 Å². The average Bonchev–Trinajstić information content (AvgIpc) is 2.98. The maximum absolute atomic E-state index is 13.4. The number of rotatable bonds is 5. The molecular formula is C25H21N3O3. The Morgan fingerprint density at radius 3 is 2.16 bits per heavy atom. The van der Waals surface area contributed by atoms with Gasteiger partial charge in [0.25, 0.3) is 11.8 Å². The molecular weight excluding hydrogens is 390 g/mol. The molecule has 0 atom stereocenters. The van der Waals surface area contributed by atoms with E-state index in [1.807, 2.05) is 37.3 Å². The first-order valence-corrected chi connectivity index (χ1v) is 9.84. The van der Waals surface area contributed by atoms with E-state index in [4.69, 9.17) is 0 Å². The highest BCUT2D eigenvalue weighted by molar-refractivity contribution is 6.46. The van der Waals surface area contributed by atoms with Crippen LogP contribution in [-0.2, 0) is 14.4 Å². The molecule has 0 aromatic heterocycles. The summed E-state index contributed by atoms with van der Waals surface area (Å²) in [4.78, 5) is 39.2. The molecule has 31 heavy (non-hydrogen) atoms. The Kier molecular flexibility index (Phi) is 5.37. The summed E-state index contributed by atoms with van der Waals surface area (Å²) in [6, 6.07) is 23.3. The molecule has 0 spiro atoms. The third-order valence-corrected chi connectivity index (χ3v) is 4.88. The van der Waals surface area contributed by atoms with Crippen LogP contribution in [0.5, 0.6) is 0 Å². The zero-order valence-electron chi connectivity index (χ0n) is 17.2. The van der Waals surface area contributed by atoms with Crippen molar-refractivity contribution in [2.45, 2.75) is 13.8 Å². The van der Waals surface area contributed by atoms with Crippen molar-refractivity contribution in [2.75, 3.05) is 15.5 Å². The fraction of sp³-hybridized carbons (Fsp3) is 0.0800. The molecule has 1 aliphatic rings. The van der Waals surface area contributed by atoms with E-state index in [9.17, 15) is 14.4 Å². The van der Waals surface area contributed by atoms with Gasteiger partial charge in [0.1, 0.15) is 5.70 Å². The van der Waals surface area contributed by atoms with Crippen LogP contribution in [0.25, 0.3) is 5.57 Å². The van der Waals surface area contributed by atoms with Crippen molar-refractivity contribution >= 4 is 40.4 Å². The van der Waals surface area contributed by atoms with Crippen molar-refractivity contribution in [3.05, 3.63) is 95.7 Å². The smallest absolute Gasteiger partial charge is 0.282 e. The van der Waals surface area contributed by atoms with Crippen molar-refractivity contribution in [3.63, 3.8) is 0 Å². The summed E-state index contributed by atoms with van der Waals surface area (Å²) in [5.41, 5.74) is 3.95. The Hall–Kier alpha value is -4.19. The first kappa shape index (κ1) is 20.1. The second kappa shape index (κ2) is 8.28. The van der Waals surface area contributed by atoms with Gasteiger partial charge in [0.15, 0.2) is 0 Å². The number of nitrogens with one attached hydrogen (secondary N) is 2. The van der Waals surface area contributed by atoms with Crippen LogP contribution in [0.1, 0.15) is 18.1 Å². The van der Waals surface area contributed by atoms with Gasteiger partial charge in [-0.15, -0.1) is 0 Å². The summed E-state index contributed by atoms with van der Waals surface area (Å²) in [6.07, 6.45) is 0. The van der Waals surface area contributed by atoms with Crippen LogP contribution >= 0.6 is 0 Å². The SMILES string of the molecule is CC(=O)Nc1ccc(C2=C(Nc3cccc(C)c3)C(=O)N(c3ccccc3)C2=O)cc1. The van der Waals surface area contributed by atoms with Crippen molar-refractivity contribution in [2.24, 2.45) is 0 Å². The number of nitrogens with zero attached hydrogens (tertiary/aromatic N) is 1. The molecule has 0 aliphatic carbocycles. The first-order chi connectivity index (χ1) is 14.9. The lowest BCUT2D eigenvalue weighted by Gasteiger charge is -2.15. The van der Waals surface area contributed by atoms with Gasteiger partial charge in [-0.1, -0.05) is 42.5 Å². The molecule has 4 rings (SSSR count). The first-order valence-electron chi connectivity index (χ1n) is 9.84. The lowest BCUT2D eigenvalue weighted by molar-refractivity contribution is -0.120. The molecule has 3 aromatic rings. The van der Waals surface area contributed by atoms with E-state index < -0.39 is 11.8 Å². The van der Waals surface area contributed by atoms with Gasteiger partial charge in [-0.3, -0.25) is 14.4 Å². The maximum atomic E-state index is 13.4. The highest BCUT2D eigenvalue weighted by Crippen LogP contribution is 2.34. The van der Waals surface area contributed by atoms with Gasteiger partial charge in [0, 0.05) is 18.3 Å². The number of hydrogen-bond acceptors (Lipinski definition) is 4. The monoisotopic (exact) mass is 411 g/mol. The number of anilines is 3. The molecule has 0 saturated carbocycles. The van der Waals surface area contributed by atoms with Crippen LogP contribution in [0.3, 0.4) is 0 Å². The lowest BCUT2D eigenvalue weighted by atomic mass is 10.0. The van der Waals surface area contributed by atoms with Crippen LogP contribution in [0.4, 0.5) is 17.1 Å². The summed E-state index contributed by atoms with van der Waals surface area (Å²) in [5.74, 6) is -1.01. The summed E-state index contributed by atoms with van der Waals surface area (Å²) in [5, 5.41) is 5.86. The van der Waals surface area contributed by atoms with Gasteiger partial charge < -0.3 is 10.6 Å². The standard InChI is InChI=1S/C25H21N3O3/c1-16-7-6-8-20(15-16)27-23-22(18-11-13-19(14-12-18)26-17(2)29)24(30)28(25(23)31)21-9-4-3-5-10-21/h3-15,27H,1-2H3,(H,26,29). The normalized spacial score (nSPS) is 13.5. The zero-order chi connectivity index (χ0) is 22.0. The maximum Gasteiger partial charge on any atom is 0.282 e. The predicted molar refractivity (Wildman–Crippen MR) is 121 cm³/mol. The van der Waals surface area contributed by atoms with E-state index in [0.29, 0.717) is 16.9 Å². The minimum Gasteiger partial charge on any atom is -0.350 e. The largest absolute Gasteiger partial charge is 0.350 e. The molecule has 6 nitrogen and oxygen atoms in total. The molecule has 6 heteroatoms. The minimum absolute atomic E-state index is 0.184. The highest BCUT2D eigenvalue weighted by atomic mass is 16.2. The number of imide groups is 1. The van der Waals surface area contributed by atoms with Crippen molar-refractivity contribution in [1.82, 2.24) is 0 Å². The molecule has 0 fully saturated rings. The van der Waals surface area contributed by atoms with Gasteiger partial charge in [-0.05, 0) is 54.4 Å². The van der Waals surface area contributed by atoms with Crippen molar-refractivity contribution < 1.29 is 14.4 Å².